The minimum absolute atomic E-state index is 0.00598. The van der Waals surface area contributed by atoms with Gasteiger partial charge in [-0.15, -0.1) is 0 Å². The lowest BCUT2D eigenvalue weighted by Crippen LogP contribution is -2.38. The maximum Gasteiger partial charge on any atom is 0.416 e. The third-order valence-electron chi connectivity index (χ3n) is 3.80. The standard InChI is InChI=1S/C19H19F3N2O2/c1-24(13-15-9-5-6-10-16(15)19(20,21)22)18(26)12-23-17(25)11-14-7-3-2-4-8-14/h2-10H,11-13H2,1H3,(H,23,25). The summed E-state index contributed by atoms with van der Waals surface area (Å²) in [4.78, 5) is 25.1. The van der Waals surface area contributed by atoms with Crippen molar-refractivity contribution in [3.8, 4) is 0 Å². The monoisotopic (exact) mass is 364 g/mol. The van der Waals surface area contributed by atoms with Crippen molar-refractivity contribution >= 4 is 11.8 Å². The van der Waals surface area contributed by atoms with E-state index in [4.69, 9.17) is 0 Å². The van der Waals surface area contributed by atoms with Crippen LogP contribution in [0.4, 0.5) is 13.2 Å². The van der Waals surface area contributed by atoms with Crippen LogP contribution in [0.15, 0.2) is 54.6 Å². The fourth-order valence-electron chi connectivity index (χ4n) is 2.43. The molecule has 0 aliphatic heterocycles. The third-order valence-corrected chi connectivity index (χ3v) is 3.80. The number of alkyl halides is 3. The summed E-state index contributed by atoms with van der Waals surface area (Å²) >= 11 is 0. The van der Waals surface area contributed by atoms with Crippen molar-refractivity contribution in [2.75, 3.05) is 13.6 Å². The summed E-state index contributed by atoms with van der Waals surface area (Å²) < 4.78 is 39.0. The molecule has 2 aromatic rings. The van der Waals surface area contributed by atoms with Gasteiger partial charge in [-0.2, -0.15) is 13.2 Å². The molecule has 0 atom stereocenters. The molecule has 0 fully saturated rings. The first kappa shape index (κ1) is 19.5. The lowest BCUT2D eigenvalue weighted by molar-refractivity contribution is -0.139. The molecule has 0 aliphatic rings. The number of nitrogens with zero attached hydrogens (tertiary/aromatic N) is 1. The minimum Gasteiger partial charge on any atom is -0.347 e. The molecule has 2 rings (SSSR count). The van der Waals surface area contributed by atoms with Crippen molar-refractivity contribution < 1.29 is 22.8 Å². The van der Waals surface area contributed by atoms with E-state index >= 15 is 0 Å². The number of likely N-dealkylation sites (N-methyl/N-ethyl adjacent to an activating group) is 1. The van der Waals surface area contributed by atoms with Gasteiger partial charge in [0.2, 0.25) is 11.8 Å². The number of rotatable bonds is 6. The topological polar surface area (TPSA) is 49.4 Å². The SMILES string of the molecule is CN(Cc1ccccc1C(F)(F)F)C(=O)CNC(=O)Cc1ccccc1. The van der Waals surface area contributed by atoms with Crippen LogP contribution >= 0.6 is 0 Å². The van der Waals surface area contributed by atoms with E-state index < -0.39 is 17.6 Å². The van der Waals surface area contributed by atoms with Gasteiger partial charge in [0.15, 0.2) is 0 Å². The molecule has 0 saturated carbocycles. The maximum atomic E-state index is 13.0. The Kier molecular flexibility index (Phi) is 6.38. The molecule has 1 N–H and O–H groups in total. The molecule has 0 aromatic heterocycles. The van der Waals surface area contributed by atoms with Crippen molar-refractivity contribution in [1.82, 2.24) is 10.2 Å². The molecule has 4 nitrogen and oxygen atoms in total. The Morgan fingerprint density at radius 2 is 1.62 bits per heavy atom. The maximum absolute atomic E-state index is 13.0. The number of hydrogen-bond donors (Lipinski definition) is 1. The second-order valence-corrected chi connectivity index (χ2v) is 5.84. The summed E-state index contributed by atoms with van der Waals surface area (Å²) in [7, 11) is 1.40. The third kappa shape index (κ3) is 5.61. The first-order chi connectivity index (χ1) is 12.3. The van der Waals surface area contributed by atoms with Crippen LogP contribution in [0.25, 0.3) is 0 Å². The van der Waals surface area contributed by atoms with E-state index in [0.717, 1.165) is 16.5 Å². The molecular formula is C19H19F3N2O2. The molecule has 0 unspecified atom stereocenters. The molecule has 7 heteroatoms. The van der Waals surface area contributed by atoms with Gasteiger partial charge in [0, 0.05) is 13.6 Å². The molecule has 0 saturated heterocycles. The molecule has 2 aromatic carbocycles. The van der Waals surface area contributed by atoms with Crippen LogP contribution in [0.2, 0.25) is 0 Å². The Balaban J connectivity index is 1.89. The summed E-state index contributed by atoms with van der Waals surface area (Å²) in [5.41, 5.74) is 0.0455. The fourth-order valence-corrected chi connectivity index (χ4v) is 2.43. The minimum atomic E-state index is -4.48. The van der Waals surface area contributed by atoms with Crippen molar-refractivity contribution in [3.63, 3.8) is 0 Å². The quantitative estimate of drug-likeness (QED) is 0.857. The molecule has 0 radical (unpaired) electrons. The molecule has 0 heterocycles. The molecule has 0 spiro atoms. The largest absolute Gasteiger partial charge is 0.416 e. The Bertz CT molecular complexity index is 761. The lowest BCUT2D eigenvalue weighted by atomic mass is 10.1. The first-order valence-electron chi connectivity index (χ1n) is 7.97. The fraction of sp³-hybridized carbons (Fsp3) is 0.263. The van der Waals surface area contributed by atoms with E-state index in [0.29, 0.717) is 0 Å². The Morgan fingerprint density at radius 3 is 2.27 bits per heavy atom. The number of hydrogen-bond acceptors (Lipinski definition) is 2. The predicted molar refractivity (Wildman–Crippen MR) is 91.1 cm³/mol. The Morgan fingerprint density at radius 1 is 1.00 bits per heavy atom. The predicted octanol–water partition coefficient (Wildman–Crippen LogP) is 3.02. The summed E-state index contributed by atoms with van der Waals surface area (Å²) in [6, 6.07) is 14.1. The van der Waals surface area contributed by atoms with Crippen LogP contribution in [0.5, 0.6) is 0 Å². The molecule has 26 heavy (non-hydrogen) atoms. The van der Waals surface area contributed by atoms with Crippen LogP contribution in [-0.4, -0.2) is 30.3 Å². The smallest absolute Gasteiger partial charge is 0.347 e. The number of amides is 2. The average Bonchev–Trinajstić information content (AvgIpc) is 2.60. The van der Waals surface area contributed by atoms with Gasteiger partial charge in [0.05, 0.1) is 18.5 Å². The van der Waals surface area contributed by atoms with Gasteiger partial charge in [-0.3, -0.25) is 9.59 Å². The summed E-state index contributed by atoms with van der Waals surface area (Å²) in [5, 5.41) is 2.49. The molecule has 138 valence electrons. The van der Waals surface area contributed by atoms with Crippen LogP contribution in [-0.2, 0) is 28.7 Å². The van der Waals surface area contributed by atoms with E-state index in [1.165, 1.54) is 25.2 Å². The van der Waals surface area contributed by atoms with E-state index in [2.05, 4.69) is 5.32 Å². The highest BCUT2D eigenvalue weighted by molar-refractivity contribution is 5.85. The van der Waals surface area contributed by atoms with E-state index in [1.54, 1.807) is 24.3 Å². The molecule has 2 amide bonds. The zero-order chi connectivity index (χ0) is 19.2. The summed E-state index contributed by atoms with van der Waals surface area (Å²) in [5.74, 6) is -0.794. The number of carbonyl (C=O) groups is 2. The van der Waals surface area contributed by atoms with Gasteiger partial charge in [-0.25, -0.2) is 0 Å². The van der Waals surface area contributed by atoms with Crippen molar-refractivity contribution in [1.29, 1.82) is 0 Å². The van der Waals surface area contributed by atoms with Crippen LogP contribution < -0.4 is 5.32 Å². The Hall–Kier alpha value is -2.83. The van der Waals surface area contributed by atoms with Crippen LogP contribution in [0.3, 0.4) is 0 Å². The normalized spacial score (nSPS) is 11.1. The summed E-state index contributed by atoms with van der Waals surface area (Å²) in [6.45, 7) is -0.459. The molecular weight excluding hydrogens is 345 g/mol. The number of halogens is 3. The van der Waals surface area contributed by atoms with Gasteiger partial charge in [0.1, 0.15) is 0 Å². The van der Waals surface area contributed by atoms with Gasteiger partial charge in [-0.1, -0.05) is 48.5 Å². The van der Waals surface area contributed by atoms with Gasteiger partial charge >= 0.3 is 6.18 Å². The zero-order valence-corrected chi connectivity index (χ0v) is 14.2. The Labute approximate surface area is 149 Å². The van der Waals surface area contributed by atoms with Crippen molar-refractivity contribution in [2.24, 2.45) is 0 Å². The molecule has 0 bridgehead atoms. The number of benzene rings is 2. The van der Waals surface area contributed by atoms with E-state index in [1.807, 2.05) is 6.07 Å². The number of carbonyl (C=O) groups excluding carboxylic acids is 2. The van der Waals surface area contributed by atoms with Crippen molar-refractivity contribution in [2.45, 2.75) is 19.1 Å². The highest BCUT2D eigenvalue weighted by Crippen LogP contribution is 2.32. The van der Waals surface area contributed by atoms with Gasteiger partial charge < -0.3 is 10.2 Å². The average molecular weight is 364 g/mol. The van der Waals surface area contributed by atoms with Crippen molar-refractivity contribution in [3.05, 3.63) is 71.3 Å². The van der Waals surface area contributed by atoms with Crippen LogP contribution in [0, 0.1) is 0 Å². The lowest BCUT2D eigenvalue weighted by Gasteiger charge is -2.20. The number of nitrogens with one attached hydrogen (secondary N) is 1. The highest BCUT2D eigenvalue weighted by atomic mass is 19.4. The van der Waals surface area contributed by atoms with E-state index in [9.17, 15) is 22.8 Å². The van der Waals surface area contributed by atoms with Crippen LogP contribution in [0.1, 0.15) is 16.7 Å². The highest BCUT2D eigenvalue weighted by Gasteiger charge is 2.33. The first-order valence-corrected chi connectivity index (χ1v) is 7.97. The van der Waals surface area contributed by atoms with E-state index in [-0.39, 0.29) is 31.0 Å². The second-order valence-electron chi connectivity index (χ2n) is 5.84. The molecule has 0 aliphatic carbocycles. The van der Waals surface area contributed by atoms with Gasteiger partial charge in [0.25, 0.3) is 0 Å². The second kappa shape index (κ2) is 8.51. The zero-order valence-electron chi connectivity index (χ0n) is 14.2. The van der Waals surface area contributed by atoms with Gasteiger partial charge in [-0.05, 0) is 17.2 Å². The summed E-state index contributed by atoms with van der Waals surface area (Å²) in [6.07, 6.45) is -4.35.